The summed E-state index contributed by atoms with van der Waals surface area (Å²) in [5.74, 6) is -0.357. The lowest BCUT2D eigenvalue weighted by atomic mass is 10.1. The van der Waals surface area contributed by atoms with E-state index in [0.717, 1.165) is 11.3 Å². The summed E-state index contributed by atoms with van der Waals surface area (Å²) in [4.78, 5) is 25.4. The van der Waals surface area contributed by atoms with E-state index in [-0.39, 0.29) is 25.0 Å². The van der Waals surface area contributed by atoms with E-state index >= 15 is 0 Å². The molecule has 2 atom stereocenters. The first-order valence-electron chi connectivity index (χ1n) is 8.33. The van der Waals surface area contributed by atoms with Gasteiger partial charge in [-0.3, -0.25) is 9.59 Å². The number of hydrogen-bond acceptors (Lipinski definition) is 5. The van der Waals surface area contributed by atoms with E-state index in [9.17, 15) is 14.7 Å². The number of benzene rings is 1. The molecule has 0 fully saturated rings. The van der Waals surface area contributed by atoms with Gasteiger partial charge in [-0.25, -0.2) is 0 Å². The third-order valence-corrected chi connectivity index (χ3v) is 3.50. The predicted molar refractivity (Wildman–Crippen MR) is 96.1 cm³/mol. The number of carbonyl (C=O) groups excluding carboxylic acids is 2. The van der Waals surface area contributed by atoms with Crippen LogP contribution in [0.5, 0.6) is 5.75 Å². The average Bonchev–Trinajstić information content (AvgIpc) is 2.59. The molecule has 1 aromatic rings. The zero-order valence-electron chi connectivity index (χ0n) is 15.3. The van der Waals surface area contributed by atoms with Gasteiger partial charge < -0.3 is 19.5 Å². The summed E-state index contributed by atoms with van der Waals surface area (Å²) in [5, 5.41) is 9.60. The van der Waals surface area contributed by atoms with Crippen molar-refractivity contribution >= 4 is 18.0 Å². The van der Waals surface area contributed by atoms with Crippen molar-refractivity contribution in [3.05, 3.63) is 35.9 Å². The van der Waals surface area contributed by atoms with Crippen molar-refractivity contribution in [2.75, 3.05) is 26.8 Å². The minimum Gasteiger partial charge on any atom is -0.494 e. The maximum absolute atomic E-state index is 12.4. The molecule has 138 valence electrons. The highest BCUT2D eigenvalue weighted by Gasteiger charge is 2.21. The second-order valence-corrected chi connectivity index (χ2v) is 5.85. The molecule has 6 nitrogen and oxygen atoms in total. The maximum atomic E-state index is 12.4. The number of rotatable bonds is 9. The van der Waals surface area contributed by atoms with E-state index in [1.54, 1.807) is 19.9 Å². The van der Waals surface area contributed by atoms with Crippen molar-refractivity contribution in [2.45, 2.75) is 26.9 Å². The van der Waals surface area contributed by atoms with Gasteiger partial charge in [-0.1, -0.05) is 19.1 Å². The first-order valence-corrected chi connectivity index (χ1v) is 8.33. The Labute approximate surface area is 149 Å². The van der Waals surface area contributed by atoms with Crippen molar-refractivity contribution in [3.63, 3.8) is 0 Å². The second-order valence-electron chi connectivity index (χ2n) is 5.85. The number of amides is 1. The van der Waals surface area contributed by atoms with Gasteiger partial charge in [-0.15, -0.1) is 0 Å². The van der Waals surface area contributed by atoms with Crippen LogP contribution in [0, 0.1) is 5.92 Å². The third kappa shape index (κ3) is 7.39. The van der Waals surface area contributed by atoms with Gasteiger partial charge in [0.1, 0.15) is 5.75 Å². The van der Waals surface area contributed by atoms with Gasteiger partial charge in [0, 0.05) is 19.2 Å². The van der Waals surface area contributed by atoms with Gasteiger partial charge in [0.05, 0.1) is 25.7 Å². The molecule has 1 rings (SSSR count). The Bertz CT molecular complexity index is 580. The summed E-state index contributed by atoms with van der Waals surface area (Å²) in [6, 6.07) is 7.37. The molecule has 2 unspecified atom stereocenters. The minimum atomic E-state index is -0.687. The number of methoxy groups -OCH3 is 1. The van der Waals surface area contributed by atoms with Gasteiger partial charge in [-0.2, -0.15) is 0 Å². The van der Waals surface area contributed by atoms with Crippen molar-refractivity contribution in [1.29, 1.82) is 0 Å². The molecule has 0 saturated carbocycles. The number of hydrogen-bond donors (Lipinski definition) is 1. The highest BCUT2D eigenvalue weighted by Crippen LogP contribution is 2.13. The van der Waals surface area contributed by atoms with Crippen LogP contribution in [0.4, 0.5) is 0 Å². The Morgan fingerprint density at radius 3 is 2.36 bits per heavy atom. The van der Waals surface area contributed by atoms with Crippen LogP contribution >= 0.6 is 0 Å². The molecule has 0 aromatic heterocycles. The zero-order chi connectivity index (χ0) is 18.8. The SMILES string of the molecule is CCOc1ccc(/C=C/C(=O)N(CC(C)O)CC(C)C(=O)OC)cc1. The molecule has 0 saturated heterocycles. The fourth-order valence-electron chi connectivity index (χ4n) is 2.29. The molecule has 0 aliphatic heterocycles. The summed E-state index contributed by atoms with van der Waals surface area (Å²) in [5.41, 5.74) is 0.856. The van der Waals surface area contributed by atoms with Gasteiger partial charge >= 0.3 is 5.97 Å². The molecule has 0 aliphatic carbocycles. The Hall–Kier alpha value is -2.34. The average molecular weight is 349 g/mol. The fraction of sp³-hybridized carbons (Fsp3) is 0.474. The van der Waals surface area contributed by atoms with Gasteiger partial charge in [-0.05, 0) is 37.6 Å². The monoisotopic (exact) mass is 349 g/mol. The quantitative estimate of drug-likeness (QED) is 0.546. The molecule has 0 bridgehead atoms. The number of ether oxygens (including phenoxy) is 2. The lowest BCUT2D eigenvalue weighted by Gasteiger charge is -2.25. The Morgan fingerprint density at radius 2 is 1.84 bits per heavy atom. The van der Waals surface area contributed by atoms with Crippen LogP contribution in [0.25, 0.3) is 6.08 Å². The van der Waals surface area contributed by atoms with Gasteiger partial charge in [0.15, 0.2) is 0 Å². The number of nitrogens with zero attached hydrogens (tertiary/aromatic N) is 1. The minimum absolute atomic E-state index is 0.147. The second kappa shape index (κ2) is 10.5. The first-order chi connectivity index (χ1) is 11.9. The van der Waals surface area contributed by atoms with Crippen molar-refractivity contribution in [2.24, 2.45) is 5.92 Å². The van der Waals surface area contributed by atoms with Crippen LogP contribution in [0.2, 0.25) is 0 Å². The van der Waals surface area contributed by atoms with Crippen LogP contribution in [0.15, 0.2) is 30.3 Å². The van der Waals surface area contributed by atoms with Crippen molar-refractivity contribution in [1.82, 2.24) is 4.90 Å². The molecule has 1 amide bonds. The first kappa shape index (κ1) is 20.7. The zero-order valence-corrected chi connectivity index (χ0v) is 15.3. The van der Waals surface area contributed by atoms with Crippen LogP contribution in [0.3, 0.4) is 0 Å². The molecule has 0 heterocycles. The molecule has 6 heteroatoms. The topological polar surface area (TPSA) is 76.1 Å². The maximum Gasteiger partial charge on any atom is 0.310 e. The summed E-state index contributed by atoms with van der Waals surface area (Å²) >= 11 is 0. The fourth-order valence-corrected chi connectivity index (χ4v) is 2.29. The van der Waals surface area contributed by atoms with Gasteiger partial charge in [0.25, 0.3) is 0 Å². The summed E-state index contributed by atoms with van der Waals surface area (Å²) < 4.78 is 10.1. The van der Waals surface area contributed by atoms with E-state index in [4.69, 9.17) is 4.74 Å². The third-order valence-electron chi connectivity index (χ3n) is 3.50. The standard InChI is InChI=1S/C19H27NO5/c1-5-25-17-9-6-16(7-10-17)8-11-18(22)20(13-15(3)21)12-14(2)19(23)24-4/h6-11,14-15,21H,5,12-13H2,1-4H3/b11-8+. The van der Waals surface area contributed by atoms with Crippen LogP contribution < -0.4 is 4.74 Å². The number of carbonyl (C=O) groups is 2. The Balaban J connectivity index is 2.77. The van der Waals surface area contributed by atoms with Crippen LogP contribution in [-0.4, -0.2) is 54.8 Å². The summed E-state index contributed by atoms with van der Waals surface area (Å²) in [6.07, 6.45) is 2.44. The number of esters is 1. The van der Waals surface area contributed by atoms with E-state index in [2.05, 4.69) is 4.74 Å². The lowest BCUT2D eigenvalue weighted by molar-refractivity contribution is -0.146. The van der Waals surface area contributed by atoms with E-state index in [1.165, 1.54) is 18.1 Å². The normalized spacial score (nSPS) is 13.3. The van der Waals surface area contributed by atoms with Crippen LogP contribution in [0.1, 0.15) is 26.3 Å². The number of aliphatic hydroxyl groups excluding tert-OH is 1. The molecular weight excluding hydrogens is 322 g/mol. The van der Waals surface area contributed by atoms with Crippen LogP contribution in [-0.2, 0) is 14.3 Å². The van der Waals surface area contributed by atoms with Gasteiger partial charge in [0.2, 0.25) is 5.91 Å². The molecule has 0 radical (unpaired) electrons. The van der Waals surface area contributed by atoms with E-state index < -0.39 is 12.0 Å². The molecular formula is C19H27NO5. The Morgan fingerprint density at radius 1 is 1.20 bits per heavy atom. The Kier molecular flexibility index (Phi) is 8.70. The predicted octanol–water partition coefficient (Wildman–Crippen LogP) is 2.12. The molecule has 1 aromatic carbocycles. The highest BCUT2D eigenvalue weighted by atomic mass is 16.5. The van der Waals surface area contributed by atoms with Crippen molar-refractivity contribution in [3.8, 4) is 5.75 Å². The summed E-state index contributed by atoms with van der Waals surface area (Å²) in [7, 11) is 1.31. The van der Waals surface area contributed by atoms with Crippen molar-refractivity contribution < 1.29 is 24.2 Å². The number of aliphatic hydroxyl groups is 1. The molecule has 1 N–H and O–H groups in total. The molecule has 0 spiro atoms. The molecule has 0 aliphatic rings. The summed E-state index contributed by atoms with van der Waals surface area (Å²) in [6.45, 7) is 6.13. The smallest absolute Gasteiger partial charge is 0.310 e. The lowest BCUT2D eigenvalue weighted by Crippen LogP contribution is -2.40. The van der Waals surface area contributed by atoms with E-state index in [0.29, 0.717) is 6.61 Å². The highest BCUT2D eigenvalue weighted by molar-refractivity contribution is 5.92. The largest absolute Gasteiger partial charge is 0.494 e. The van der Waals surface area contributed by atoms with E-state index in [1.807, 2.05) is 31.2 Å². The molecule has 25 heavy (non-hydrogen) atoms.